The molecule has 0 amide bonds. The number of aryl methyl sites for hydroxylation is 1. The van der Waals surface area contributed by atoms with E-state index in [1.165, 1.54) is 30.5 Å². The molecule has 1 saturated heterocycles. The largest absolute Gasteiger partial charge is 0.372 e. The summed E-state index contributed by atoms with van der Waals surface area (Å²) >= 11 is 0. The third-order valence-electron chi connectivity index (χ3n) is 5.06. The molecule has 2 N–H and O–H groups in total. The number of nitrogens with zero attached hydrogens (tertiary/aromatic N) is 4. The van der Waals surface area contributed by atoms with E-state index in [9.17, 15) is 0 Å². The fraction of sp³-hybridized carbons (Fsp3) is 0.318. The van der Waals surface area contributed by atoms with E-state index in [0.29, 0.717) is 11.8 Å². The topological polar surface area (TPSA) is 66.0 Å². The van der Waals surface area contributed by atoms with Gasteiger partial charge >= 0.3 is 0 Å². The molecular formula is C22H26N6. The molecule has 2 aromatic carbocycles. The Balaban J connectivity index is 1.44. The van der Waals surface area contributed by atoms with Crippen LogP contribution in [-0.4, -0.2) is 28.3 Å². The fourth-order valence-corrected chi connectivity index (χ4v) is 3.54. The molecule has 2 heterocycles. The Labute approximate surface area is 166 Å². The van der Waals surface area contributed by atoms with Gasteiger partial charge in [0.2, 0.25) is 5.95 Å². The molecule has 0 aliphatic carbocycles. The number of para-hydroxylation sites is 1. The number of hydrogen-bond acceptors (Lipinski definition) is 6. The van der Waals surface area contributed by atoms with Gasteiger partial charge in [-0.3, -0.25) is 0 Å². The summed E-state index contributed by atoms with van der Waals surface area (Å²) in [5.41, 5.74) is 4.50. The molecule has 1 aliphatic rings. The molecule has 0 radical (unpaired) electrons. The van der Waals surface area contributed by atoms with Crippen molar-refractivity contribution < 1.29 is 0 Å². The third-order valence-corrected chi connectivity index (χ3v) is 5.06. The number of hydrogen-bond donors (Lipinski definition) is 2. The van der Waals surface area contributed by atoms with Crippen molar-refractivity contribution in [2.24, 2.45) is 0 Å². The highest BCUT2D eigenvalue weighted by molar-refractivity contribution is 5.63. The van der Waals surface area contributed by atoms with Gasteiger partial charge in [-0.2, -0.15) is 10.1 Å². The number of nitrogens with one attached hydrogen (secondary N) is 2. The lowest BCUT2D eigenvalue weighted by molar-refractivity contribution is 0.578. The van der Waals surface area contributed by atoms with Crippen molar-refractivity contribution in [2.75, 3.05) is 28.6 Å². The summed E-state index contributed by atoms with van der Waals surface area (Å²) in [5, 5.41) is 14.8. The van der Waals surface area contributed by atoms with Crippen LogP contribution in [0, 0.1) is 0 Å². The Morgan fingerprint density at radius 3 is 2.50 bits per heavy atom. The van der Waals surface area contributed by atoms with Crippen molar-refractivity contribution in [1.82, 2.24) is 15.2 Å². The van der Waals surface area contributed by atoms with Crippen LogP contribution in [0.1, 0.15) is 31.7 Å². The molecule has 28 heavy (non-hydrogen) atoms. The average Bonchev–Trinajstić information content (AvgIpc) is 2.76. The van der Waals surface area contributed by atoms with Crippen LogP contribution in [0.5, 0.6) is 0 Å². The van der Waals surface area contributed by atoms with E-state index < -0.39 is 0 Å². The van der Waals surface area contributed by atoms with Gasteiger partial charge in [-0.1, -0.05) is 25.1 Å². The van der Waals surface area contributed by atoms with Crippen molar-refractivity contribution in [1.29, 1.82) is 0 Å². The van der Waals surface area contributed by atoms with E-state index in [-0.39, 0.29) is 0 Å². The van der Waals surface area contributed by atoms with Crippen molar-refractivity contribution in [3.05, 3.63) is 60.3 Å². The summed E-state index contributed by atoms with van der Waals surface area (Å²) in [6, 6.07) is 16.7. The molecule has 4 rings (SSSR count). The Kier molecular flexibility index (Phi) is 5.66. The maximum absolute atomic E-state index is 4.54. The number of aromatic nitrogens is 3. The summed E-state index contributed by atoms with van der Waals surface area (Å²) in [4.78, 5) is 7.00. The zero-order valence-corrected chi connectivity index (χ0v) is 16.2. The molecule has 1 aliphatic heterocycles. The molecule has 6 nitrogen and oxygen atoms in total. The zero-order valence-electron chi connectivity index (χ0n) is 16.2. The van der Waals surface area contributed by atoms with Crippen LogP contribution < -0.4 is 15.5 Å². The van der Waals surface area contributed by atoms with Crippen LogP contribution in [-0.2, 0) is 6.42 Å². The molecular weight excluding hydrogens is 348 g/mol. The van der Waals surface area contributed by atoms with Gasteiger partial charge < -0.3 is 15.5 Å². The standard InChI is InChI=1S/C22H26N6/c1-2-17-8-4-5-9-20(17)25-22-26-21(16-23-27-22)24-18-10-12-19(13-11-18)28-14-6-3-7-15-28/h4-5,8-13,16H,2-3,6-7,14-15H2,1H3,(H2,24,25,26,27). The molecule has 6 heteroatoms. The van der Waals surface area contributed by atoms with E-state index in [2.05, 4.69) is 68.0 Å². The van der Waals surface area contributed by atoms with E-state index >= 15 is 0 Å². The molecule has 0 saturated carbocycles. The molecule has 3 aromatic rings. The summed E-state index contributed by atoms with van der Waals surface area (Å²) < 4.78 is 0. The Morgan fingerprint density at radius 1 is 0.929 bits per heavy atom. The van der Waals surface area contributed by atoms with Crippen molar-refractivity contribution >= 4 is 28.8 Å². The Morgan fingerprint density at radius 2 is 1.71 bits per heavy atom. The first kappa shape index (κ1) is 18.2. The lowest BCUT2D eigenvalue weighted by Crippen LogP contribution is -2.29. The predicted molar refractivity (Wildman–Crippen MR) is 115 cm³/mol. The SMILES string of the molecule is CCc1ccccc1Nc1nncc(Nc2ccc(N3CCCCC3)cc2)n1. The lowest BCUT2D eigenvalue weighted by atomic mass is 10.1. The van der Waals surface area contributed by atoms with E-state index in [0.717, 1.165) is 30.9 Å². The molecule has 0 bridgehead atoms. The van der Waals surface area contributed by atoms with Crippen molar-refractivity contribution in [2.45, 2.75) is 32.6 Å². The third kappa shape index (κ3) is 4.39. The first-order chi connectivity index (χ1) is 13.8. The van der Waals surface area contributed by atoms with Crippen molar-refractivity contribution in [3.8, 4) is 0 Å². The molecule has 0 atom stereocenters. The maximum Gasteiger partial charge on any atom is 0.249 e. The van der Waals surface area contributed by atoms with Gasteiger partial charge in [0.05, 0.1) is 6.20 Å². The minimum absolute atomic E-state index is 0.482. The minimum Gasteiger partial charge on any atom is -0.372 e. The molecule has 0 spiro atoms. The summed E-state index contributed by atoms with van der Waals surface area (Å²) in [6.07, 6.45) is 6.48. The highest BCUT2D eigenvalue weighted by Crippen LogP contribution is 2.24. The molecule has 1 fully saturated rings. The Bertz CT molecular complexity index is 903. The Hall–Kier alpha value is -3.15. The number of rotatable bonds is 6. The second kappa shape index (κ2) is 8.69. The highest BCUT2D eigenvalue weighted by Gasteiger charge is 2.11. The van der Waals surface area contributed by atoms with Crippen LogP contribution in [0.2, 0.25) is 0 Å². The van der Waals surface area contributed by atoms with Gasteiger partial charge in [-0.25, -0.2) is 0 Å². The van der Waals surface area contributed by atoms with Crippen LogP contribution in [0.25, 0.3) is 0 Å². The smallest absolute Gasteiger partial charge is 0.249 e. The number of anilines is 5. The minimum atomic E-state index is 0.482. The second-order valence-corrected chi connectivity index (χ2v) is 7.02. The quantitative estimate of drug-likeness (QED) is 0.639. The first-order valence-corrected chi connectivity index (χ1v) is 9.98. The number of piperidine rings is 1. The fourth-order valence-electron chi connectivity index (χ4n) is 3.54. The summed E-state index contributed by atoms with van der Waals surface area (Å²) in [5.74, 6) is 1.15. The zero-order chi connectivity index (χ0) is 19.2. The highest BCUT2D eigenvalue weighted by atomic mass is 15.3. The van der Waals surface area contributed by atoms with Gasteiger partial charge in [0.15, 0.2) is 5.82 Å². The normalized spacial score (nSPS) is 14.0. The van der Waals surface area contributed by atoms with E-state index in [1.807, 2.05) is 18.2 Å². The van der Waals surface area contributed by atoms with Gasteiger partial charge in [0.1, 0.15) is 0 Å². The predicted octanol–water partition coefficient (Wildman–Crippen LogP) is 4.91. The van der Waals surface area contributed by atoms with E-state index in [4.69, 9.17) is 0 Å². The van der Waals surface area contributed by atoms with Crippen LogP contribution in [0.3, 0.4) is 0 Å². The lowest BCUT2D eigenvalue weighted by Gasteiger charge is -2.28. The second-order valence-electron chi connectivity index (χ2n) is 7.02. The van der Waals surface area contributed by atoms with Gasteiger partial charge in [-0.15, -0.1) is 5.10 Å². The van der Waals surface area contributed by atoms with Crippen LogP contribution in [0.15, 0.2) is 54.7 Å². The molecule has 1 aromatic heterocycles. The first-order valence-electron chi connectivity index (χ1n) is 9.98. The van der Waals surface area contributed by atoms with Crippen molar-refractivity contribution in [3.63, 3.8) is 0 Å². The molecule has 144 valence electrons. The van der Waals surface area contributed by atoms with Gasteiger partial charge in [-0.05, 0) is 61.6 Å². The van der Waals surface area contributed by atoms with Gasteiger partial charge in [0.25, 0.3) is 0 Å². The number of benzene rings is 2. The van der Waals surface area contributed by atoms with Crippen LogP contribution >= 0.6 is 0 Å². The average molecular weight is 374 g/mol. The summed E-state index contributed by atoms with van der Waals surface area (Å²) in [6.45, 7) is 4.43. The van der Waals surface area contributed by atoms with Gasteiger partial charge in [0, 0.05) is 30.2 Å². The van der Waals surface area contributed by atoms with Crippen LogP contribution in [0.4, 0.5) is 28.8 Å². The molecule has 0 unspecified atom stereocenters. The van der Waals surface area contributed by atoms with E-state index in [1.54, 1.807) is 6.20 Å². The monoisotopic (exact) mass is 374 g/mol. The maximum atomic E-state index is 4.54. The summed E-state index contributed by atoms with van der Waals surface area (Å²) in [7, 11) is 0.